The van der Waals surface area contributed by atoms with Crippen LogP contribution in [0.3, 0.4) is 0 Å². The van der Waals surface area contributed by atoms with E-state index in [1.54, 1.807) is 19.2 Å². The van der Waals surface area contributed by atoms with E-state index in [1.165, 1.54) is 6.07 Å². The minimum atomic E-state index is -1.02. The SMILES string of the molecule is COCCOCCOc1ccc(Br)cc1C(=O)O. The van der Waals surface area contributed by atoms with Gasteiger partial charge in [0.25, 0.3) is 0 Å². The minimum Gasteiger partial charge on any atom is -0.490 e. The number of aromatic carboxylic acids is 1. The van der Waals surface area contributed by atoms with E-state index in [9.17, 15) is 4.79 Å². The summed E-state index contributed by atoms with van der Waals surface area (Å²) >= 11 is 3.22. The summed E-state index contributed by atoms with van der Waals surface area (Å²) in [6, 6.07) is 4.85. The van der Waals surface area contributed by atoms with Crippen molar-refractivity contribution in [2.24, 2.45) is 0 Å². The number of carboxylic acids is 1. The molecule has 5 nitrogen and oxygen atoms in total. The molecule has 0 amide bonds. The molecule has 0 aliphatic rings. The highest BCUT2D eigenvalue weighted by Crippen LogP contribution is 2.23. The van der Waals surface area contributed by atoms with Gasteiger partial charge in [-0.2, -0.15) is 0 Å². The highest BCUT2D eigenvalue weighted by atomic mass is 79.9. The molecule has 0 saturated heterocycles. The van der Waals surface area contributed by atoms with E-state index in [0.29, 0.717) is 36.6 Å². The molecule has 0 unspecified atom stereocenters. The summed E-state index contributed by atoms with van der Waals surface area (Å²) in [5.41, 5.74) is 0.126. The lowest BCUT2D eigenvalue weighted by Crippen LogP contribution is -2.11. The number of carboxylic acid groups (broad SMARTS) is 1. The van der Waals surface area contributed by atoms with Gasteiger partial charge in [-0.1, -0.05) is 15.9 Å². The van der Waals surface area contributed by atoms with Crippen LogP contribution in [0.2, 0.25) is 0 Å². The molecule has 18 heavy (non-hydrogen) atoms. The van der Waals surface area contributed by atoms with Crippen molar-refractivity contribution in [1.29, 1.82) is 0 Å². The van der Waals surface area contributed by atoms with Gasteiger partial charge in [0.05, 0.1) is 19.8 Å². The molecule has 0 atom stereocenters. The van der Waals surface area contributed by atoms with Gasteiger partial charge in [0.1, 0.15) is 17.9 Å². The van der Waals surface area contributed by atoms with Crippen molar-refractivity contribution >= 4 is 21.9 Å². The van der Waals surface area contributed by atoms with Gasteiger partial charge in [-0.25, -0.2) is 4.79 Å². The van der Waals surface area contributed by atoms with Crippen LogP contribution in [-0.4, -0.2) is 44.6 Å². The summed E-state index contributed by atoms with van der Waals surface area (Å²) in [7, 11) is 1.60. The average molecular weight is 319 g/mol. The summed E-state index contributed by atoms with van der Waals surface area (Å²) in [6.45, 7) is 1.70. The lowest BCUT2D eigenvalue weighted by atomic mass is 10.2. The Hall–Kier alpha value is -1.11. The van der Waals surface area contributed by atoms with E-state index < -0.39 is 5.97 Å². The van der Waals surface area contributed by atoms with Crippen LogP contribution in [0.25, 0.3) is 0 Å². The number of hydrogen-bond acceptors (Lipinski definition) is 4. The average Bonchev–Trinajstić information content (AvgIpc) is 2.35. The Morgan fingerprint density at radius 1 is 1.28 bits per heavy atom. The Kier molecular flexibility index (Phi) is 6.70. The van der Waals surface area contributed by atoms with Crippen LogP contribution in [-0.2, 0) is 9.47 Å². The Labute approximate surface area is 114 Å². The van der Waals surface area contributed by atoms with E-state index in [1.807, 2.05) is 0 Å². The number of halogens is 1. The number of ether oxygens (including phenoxy) is 3. The molecule has 0 spiro atoms. The third-order valence-corrected chi connectivity index (χ3v) is 2.58. The molecule has 0 aliphatic heterocycles. The van der Waals surface area contributed by atoms with Crippen molar-refractivity contribution < 1.29 is 24.1 Å². The summed E-state index contributed by atoms with van der Waals surface area (Å²) in [5, 5.41) is 9.01. The first kappa shape index (κ1) is 14.9. The molecule has 0 aliphatic carbocycles. The maximum Gasteiger partial charge on any atom is 0.339 e. The van der Waals surface area contributed by atoms with Crippen molar-refractivity contribution in [1.82, 2.24) is 0 Å². The highest BCUT2D eigenvalue weighted by molar-refractivity contribution is 9.10. The Morgan fingerprint density at radius 3 is 2.67 bits per heavy atom. The highest BCUT2D eigenvalue weighted by Gasteiger charge is 2.11. The van der Waals surface area contributed by atoms with Crippen LogP contribution < -0.4 is 4.74 Å². The van der Waals surface area contributed by atoms with Crippen LogP contribution >= 0.6 is 15.9 Å². The standard InChI is InChI=1S/C12H15BrO5/c1-16-4-5-17-6-7-18-11-3-2-9(13)8-10(11)12(14)15/h2-3,8H,4-7H2,1H3,(H,14,15). The van der Waals surface area contributed by atoms with Crippen molar-refractivity contribution in [3.63, 3.8) is 0 Å². The largest absolute Gasteiger partial charge is 0.490 e. The molecule has 0 bridgehead atoms. The van der Waals surface area contributed by atoms with Gasteiger partial charge in [-0.3, -0.25) is 0 Å². The molecule has 1 aromatic carbocycles. The maximum atomic E-state index is 11.0. The predicted molar refractivity (Wildman–Crippen MR) is 69.3 cm³/mol. The normalized spacial score (nSPS) is 10.3. The molecule has 0 aromatic heterocycles. The molecule has 1 N–H and O–H groups in total. The number of hydrogen-bond donors (Lipinski definition) is 1. The van der Waals surface area contributed by atoms with Crippen molar-refractivity contribution in [2.75, 3.05) is 33.5 Å². The first-order chi connectivity index (χ1) is 8.65. The third-order valence-electron chi connectivity index (χ3n) is 2.09. The van der Waals surface area contributed by atoms with Crippen LogP contribution in [0.1, 0.15) is 10.4 Å². The number of methoxy groups -OCH3 is 1. The smallest absolute Gasteiger partial charge is 0.339 e. The van der Waals surface area contributed by atoms with E-state index >= 15 is 0 Å². The van der Waals surface area contributed by atoms with Crippen molar-refractivity contribution in [2.45, 2.75) is 0 Å². The predicted octanol–water partition coefficient (Wildman–Crippen LogP) is 2.19. The topological polar surface area (TPSA) is 65.0 Å². The molecule has 0 heterocycles. The van der Waals surface area contributed by atoms with Gasteiger partial charge in [0, 0.05) is 11.6 Å². The molecule has 1 rings (SSSR count). The summed E-state index contributed by atoms with van der Waals surface area (Å²) in [4.78, 5) is 11.0. The monoisotopic (exact) mass is 318 g/mol. The van der Waals surface area contributed by atoms with E-state index in [2.05, 4.69) is 15.9 Å². The van der Waals surface area contributed by atoms with Gasteiger partial charge in [-0.05, 0) is 18.2 Å². The molecule has 0 saturated carbocycles. The summed E-state index contributed by atoms with van der Waals surface area (Å²) in [5.74, 6) is -0.687. The fraction of sp³-hybridized carbons (Fsp3) is 0.417. The Balaban J connectivity index is 2.44. The van der Waals surface area contributed by atoms with Crippen LogP contribution in [0.4, 0.5) is 0 Å². The van der Waals surface area contributed by atoms with Crippen LogP contribution in [0.15, 0.2) is 22.7 Å². The number of benzene rings is 1. The van der Waals surface area contributed by atoms with E-state index in [4.69, 9.17) is 19.3 Å². The number of carbonyl (C=O) groups is 1. The second-order valence-electron chi connectivity index (χ2n) is 3.40. The molecule has 100 valence electrons. The summed E-state index contributed by atoms with van der Waals surface area (Å²) < 4.78 is 16.1. The first-order valence-corrected chi connectivity index (χ1v) is 6.16. The van der Waals surface area contributed by atoms with Crippen molar-refractivity contribution in [3.05, 3.63) is 28.2 Å². The lowest BCUT2D eigenvalue weighted by Gasteiger charge is -2.09. The van der Waals surface area contributed by atoms with Crippen LogP contribution in [0.5, 0.6) is 5.75 Å². The fourth-order valence-corrected chi connectivity index (χ4v) is 1.61. The fourth-order valence-electron chi connectivity index (χ4n) is 1.25. The zero-order valence-electron chi connectivity index (χ0n) is 10.0. The van der Waals surface area contributed by atoms with Gasteiger partial charge in [0.15, 0.2) is 0 Å². The number of rotatable bonds is 8. The first-order valence-electron chi connectivity index (χ1n) is 5.37. The third kappa shape index (κ3) is 5.03. The Bertz CT molecular complexity index is 394. The molecule has 0 fully saturated rings. The minimum absolute atomic E-state index is 0.126. The zero-order valence-corrected chi connectivity index (χ0v) is 11.6. The quantitative estimate of drug-likeness (QED) is 0.744. The lowest BCUT2D eigenvalue weighted by molar-refractivity contribution is 0.0535. The second-order valence-corrected chi connectivity index (χ2v) is 4.31. The maximum absolute atomic E-state index is 11.0. The van der Waals surface area contributed by atoms with Crippen LogP contribution in [0, 0.1) is 0 Å². The van der Waals surface area contributed by atoms with Gasteiger partial charge < -0.3 is 19.3 Å². The molecular formula is C12H15BrO5. The molecule has 0 radical (unpaired) electrons. The van der Waals surface area contributed by atoms with Gasteiger partial charge in [0.2, 0.25) is 0 Å². The Morgan fingerprint density at radius 2 is 2.00 bits per heavy atom. The van der Waals surface area contributed by atoms with Gasteiger partial charge in [-0.15, -0.1) is 0 Å². The molecule has 6 heteroatoms. The second kappa shape index (κ2) is 8.07. The zero-order chi connectivity index (χ0) is 13.4. The molecule has 1 aromatic rings. The van der Waals surface area contributed by atoms with Gasteiger partial charge >= 0.3 is 5.97 Å². The molecular weight excluding hydrogens is 304 g/mol. The van der Waals surface area contributed by atoms with E-state index in [0.717, 1.165) is 0 Å². The van der Waals surface area contributed by atoms with Crippen molar-refractivity contribution in [3.8, 4) is 5.75 Å². The van der Waals surface area contributed by atoms with E-state index in [-0.39, 0.29) is 5.56 Å². The summed E-state index contributed by atoms with van der Waals surface area (Å²) in [6.07, 6.45) is 0.